The molecule has 1 fully saturated rings. The molecule has 1 aliphatic heterocycles. The minimum atomic E-state index is -3.91. The zero-order valence-corrected chi connectivity index (χ0v) is 16.5. The molecule has 0 radical (unpaired) electrons. The molecule has 136 valence electrons. The Kier molecular flexibility index (Phi) is 4.94. The van der Waals surface area contributed by atoms with Crippen molar-refractivity contribution in [1.82, 2.24) is 0 Å². The van der Waals surface area contributed by atoms with E-state index in [9.17, 15) is 13.2 Å². The van der Waals surface area contributed by atoms with E-state index in [1.54, 1.807) is 62.4 Å². The largest absolute Gasteiger partial charge is 0.284 e. The molecule has 0 aliphatic carbocycles. The summed E-state index contributed by atoms with van der Waals surface area (Å²) in [6, 6.07) is 15.6. The fourth-order valence-corrected chi connectivity index (χ4v) is 4.82. The number of anilines is 1. The van der Waals surface area contributed by atoms with E-state index >= 15 is 0 Å². The molecular weight excluding hydrogens is 368 g/mol. The van der Waals surface area contributed by atoms with Gasteiger partial charge in [0, 0.05) is 0 Å². The number of benzene rings is 2. The van der Waals surface area contributed by atoms with E-state index in [2.05, 4.69) is 4.40 Å². The molecule has 1 heterocycles. The molecular formula is C19H20N2O3S2. The van der Waals surface area contributed by atoms with Crippen molar-refractivity contribution in [2.24, 2.45) is 4.40 Å². The number of nitrogens with zero attached hydrogens (tertiary/aromatic N) is 2. The quantitative estimate of drug-likeness (QED) is 0.798. The number of sulfonamides is 1. The molecule has 0 bridgehead atoms. The molecule has 2 aromatic rings. The van der Waals surface area contributed by atoms with Gasteiger partial charge in [-0.25, -0.2) is 0 Å². The Bertz CT molecular complexity index is 950. The van der Waals surface area contributed by atoms with Gasteiger partial charge in [0.2, 0.25) is 5.91 Å². The van der Waals surface area contributed by atoms with Gasteiger partial charge >= 0.3 is 0 Å². The summed E-state index contributed by atoms with van der Waals surface area (Å²) in [5.74, 6) is -0.191. The van der Waals surface area contributed by atoms with Crippen LogP contribution in [0.15, 0.2) is 63.9 Å². The highest BCUT2D eigenvalue weighted by Crippen LogP contribution is 2.40. The van der Waals surface area contributed by atoms with Gasteiger partial charge in [0.15, 0.2) is 5.17 Å². The van der Waals surface area contributed by atoms with Gasteiger partial charge in [-0.3, -0.25) is 9.69 Å². The number of carbonyl (C=O) groups is 1. The summed E-state index contributed by atoms with van der Waals surface area (Å²) in [4.78, 5) is 14.3. The Labute approximate surface area is 158 Å². The highest BCUT2D eigenvalue weighted by Gasteiger charge is 2.46. The summed E-state index contributed by atoms with van der Waals surface area (Å²) in [6.45, 7) is 5.53. The average molecular weight is 389 g/mol. The van der Waals surface area contributed by atoms with Crippen LogP contribution in [0.1, 0.15) is 26.3 Å². The molecule has 0 saturated carbocycles. The summed E-state index contributed by atoms with van der Waals surface area (Å²) in [5.41, 5.74) is 1.65. The van der Waals surface area contributed by atoms with Gasteiger partial charge in [-0.2, -0.15) is 8.42 Å². The topological polar surface area (TPSA) is 66.8 Å². The fraction of sp³-hybridized carbons (Fsp3) is 0.263. The number of carbonyl (C=O) groups excluding carboxylic acids is 1. The van der Waals surface area contributed by atoms with Gasteiger partial charge in [-0.05, 0) is 50.1 Å². The van der Waals surface area contributed by atoms with Crippen molar-refractivity contribution in [3.63, 3.8) is 0 Å². The van der Waals surface area contributed by atoms with Crippen LogP contribution >= 0.6 is 11.8 Å². The second kappa shape index (κ2) is 6.89. The van der Waals surface area contributed by atoms with Crippen molar-refractivity contribution >= 4 is 38.5 Å². The zero-order chi connectivity index (χ0) is 18.9. The predicted octanol–water partition coefficient (Wildman–Crippen LogP) is 3.85. The van der Waals surface area contributed by atoms with Crippen LogP contribution in [-0.2, 0) is 21.2 Å². The number of para-hydroxylation sites is 1. The van der Waals surface area contributed by atoms with E-state index < -0.39 is 14.8 Å². The number of thioether (sulfide) groups is 1. The summed E-state index contributed by atoms with van der Waals surface area (Å²) >= 11 is 1.16. The second-order valence-corrected chi connectivity index (χ2v) is 9.63. The van der Waals surface area contributed by atoms with Crippen molar-refractivity contribution < 1.29 is 13.2 Å². The first-order valence-electron chi connectivity index (χ1n) is 8.27. The van der Waals surface area contributed by atoms with Crippen molar-refractivity contribution in [1.29, 1.82) is 0 Å². The molecule has 1 amide bonds. The number of hydrogen-bond acceptors (Lipinski definition) is 4. The molecule has 0 N–H and O–H groups in total. The third-order valence-electron chi connectivity index (χ3n) is 4.10. The predicted molar refractivity (Wildman–Crippen MR) is 106 cm³/mol. The van der Waals surface area contributed by atoms with E-state index in [1.807, 2.05) is 13.0 Å². The third kappa shape index (κ3) is 3.54. The molecule has 0 atom stereocenters. The molecule has 0 spiro atoms. The van der Waals surface area contributed by atoms with Crippen molar-refractivity contribution in [2.45, 2.75) is 36.8 Å². The van der Waals surface area contributed by atoms with Crippen LogP contribution in [-0.4, -0.2) is 24.2 Å². The Morgan fingerprint density at radius 1 is 1.04 bits per heavy atom. The Morgan fingerprint density at radius 2 is 1.65 bits per heavy atom. The van der Waals surface area contributed by atoms with Crippen LogP contribution in [0.5, 0.6) is 0 Å². The lowest BCUT2D eigenvalue weighted by Gasteiger charge is -2.17. The Morgan fingerprint density at radius 3 is 2.23 bits per heavy atom. The van der Waals surface area contributed by atoms with Crippen LogP contribution in [0.3, 0.4) is 0 Å². The maximum atomic E-state index is 12.8. The normalized spacial score (nSPS) is 18.5. The van der Waals surface area contributed by atoms with E-state index in [0.29, 0.717) is 5.69 Å². The lowest BCUT2D eigenvalue weighted by Crippen LogP contribution is -2.36. The standard InChI is InChI=1S/C19H20N2O3S2/c1-4-14-10-12-16(13-11-14)26(23,24)20-18-21(15-8-6-5-7-9-15)17(22)19(2,3)25-18/h5-13H,4H2,1-3H3/b20-18+. The molecule has 0 aromatic heterocycles. The smallest absolute Gasteiger partial charge is 0.272 e. The molecule has 5 nitrogen and oxygen atoms in total. The van der Waals surface area contributed by atoms with Crippen molar-refractivity contribution in [2.75, 3.05) is 4.90 Å². The third-order valence-corrected chi connectivity index (χ3v) is 6.64. The van der Waals surface area contributed by atoms with Gasteiger partial charge < -0.3 is 0 Å². The van der Waals surface area contributed by atoms with E-state index in [-0.39, 0.29) is 16.0 Å². The average Bonchev–Trinajstić information content (AvgIpc) is 2.83. The Hall–Kier alpha value is -2.12. The van der Waals surface area contributed by atoms with Crippen molar-refractivity contribution in [3.8, 4) is 0 Å². The minimum absolute atomic E-state index is 0.118. The number of rotatable bonds is 4. The van der Waals surface area contributed by atoms with E-state index in [4.69, 9.17) is 0 Å². The summed E-state index contributed by atoms with van der Waals surface area (Å²) in [6.07, 6.45) is 0.829. The van der Waals surface area contributed by atoms with E-state index in [0.717, 1.165) is 23.7 Å². The maximum Gasteiger partial charge on any atom is 0.284 e. The van der Waals surface area contributed by atoms with Gasteiger partial charge in [0.05, 0.1) is 15.3 Å². The number of aryl methyl sites for hydroxylation is 1. The fourth-order valence-electron chi connectivity index (χ4n) is 2.59. The van der Waals surface area contributed by atoms with Gasteiger partial charge in [0.1, 0.15) is 0 Å². The molecule has 1 aliphatic rings. The molecule has 2 aromatic carbocycles. The SMILES string of the molecule is CCc1ccc(S(=O)(=O)/N=C2/SC(C)(C)C(=O)N2c2ccccc2)cc1. The molecule has 26 heavy (non-hydrogen) atoms. The summed E-state index contributed by atoms with van der Waals surface area (Å²) in [5, 5.41) is 0.172. The molecule has 3 rings (SSSR count). The molecule has 7 heteroatoms. The second-order valence-electron chi connectivity index (χ2n) is 6.43. The van der Waals surface area contributed by atoms with Crippen LogP contribution in [0.4, 0.5) is 5.69 Å². The Balaban J connectivity index is 2.05. The number of hydrogen-bond donors (Lipinski definition) is 0. The van der Waals surface area contributed by atoms with Crippen LogP contribution in [0.25, 0.3) is 0 Å². The molecule has 0 unspecified atom stereocenters. The first-order valence-corrected chi connectivity index (χ1v) is 10.5. The van der Waals surface area contributed by atoms with Crippen molar-refractivity contribution in [3.05, 3.63) is 60.2 Å². The first-order chi connectivity index (χ1) is 12.2. The number of amidine groups is 1. The highest BCUT2D eigenvalue weighted by molar-refractivity contribution is 8.17. The zero-order valence-electron chi connectivity index (χ0n) is 14.8. The lowest BCUT2D eigenvalue weighted by molar-refractivity contribution is -0.118. The van der Waals surface area contributed by atoms with E-state index in [1.165, 1.54) is 4.90 Å². The number of amides is 1. The summed E-state index contributed by atoms with van der Waals surface area (Å²) in [7, 11) is -3.91. The van der Waals surface area contributed by atoms with Crippen LogP contribution < -0.4 is 4.90 Å². The monoisotopic (exact) mass is 388 g/mol. The van der Waals surface area contributed by atoms with Crippen LogP contribution in [0.2, 0.25) is 0 Å². The van der Waals surface area contributed by atoms with Gasteiger partial charge in [-0.15, -0.1) is 4.40 Å². The lowest BCUT2D eigenvalue weighted by atomic mass is 10.1. The first kappa shape index (κ1) is 18.7. The highest BCUT2D eigenvalue weighted by atomic mass is 32.2. The van der Waals surface area contributed by atoms with Gasteiger partial charge in [-0.1, -0.05) is 49.0 Å². The molecule has 1 saturated heterocycles. The minimum Gasteiger partial charge on any atom is -0.272 e. The maximum absolute atomic E-state index is 12.8. The van der Waals surface area contributed by atoms with Crippen LogP contribution in [0, 0.1) is 0 Å². The summed E-state index contributed by atoms with van der Waals surface area (Å²) < 4.78 is 28.7. The van der Waals surface area contributed by atoms with Gasteiger partial charge in [0.25, 0.3) is 10.0 Å².